The Hall–Kier alpha value is -0.610. The average molecular weight is 270 g/mol. The molecule has 0 aromatic rings. The minimum absolute atomic E-state index is 0.141. The Balaban J connectivity index is 2.23. The van der Waals surface area contributed by atoms with Gasteiger partial charge in [0.25, 0.3) is 0 Å². The van der Waals surface area contributed by atoms with Gasteiger partial charge in [-0.3, -0.25) is 4.79 Å². The van der Waals surface area contributed by atoms with Crippen molar-refractivity contribution in [3.05, 3.63) is 0 Å². The number of hydrogen-bond acceptors (Lipinski definition) is 3. The summed E-state index contributed by atoms with van der Waals surface area (Å²) in [5.74, 6) is 0.646. The predicted molar refractivity (Wildman–Crippen MR) is 77.8 cm³/mol. The molecule has 0 bridgehead atoms. The van der Waals surface area contributed by atoms with Crippen LogP contribution in [0.3, 0.4) is 0 Å². The number of carbonyl (C=O) groups is 1. The highest BCUT2D eigenvalue weighted by atomic mass is 16.5. The van der Waals surface area contributed by atoms with E-state index in [0.29, 0.717) is 25.4 Å². The maximum atomic E-state index is 11.8. The van der Waals surface area contributed by atoms with Crippen LogP contribution in [0.1, 0.15) is 52.9 Å². The Morgan fingerprint density at radius 1 is 1.42 bits per heavy atom. The van der Waals surface area contributed by atoms with Crippen LogP contribution >= 0.6 is 0 Å². The number of nitrogens with two attached hydrogens (primary N) is 1. The first kappa shape index (κ1) is 16.4. The van der Waals surface area contributed by atoms with Gasteiger partial charge in [0.05, 0.1) is 6.10 Å². The molecule has 1 heterocycles. The Morgan fingerprint density at radius 3 is 2.68 bits per heavy atom. The van der Waals surface area contributed by atoms with Crippen LogP contribution in [-0.4, -0.2) is 31.7 Å². The van der Waals surface area contributed by atoms with Crippen LogP contribution in [0.5, 0.6) is 0 Å². The summed E-state index contributed by atoms with van der Waals surface area (Å²) in [5.41, 5.74) is 5.87. The lowest BCUT2D eigenvalue weighted by atomic mass is 9.76. The summed E-state index contributed by atoms with van der Waals surface area (Å²) >= 11 is 0. The fourth-order valence-electron chi connectivity index (χ4n) is 2.64. The second-order valence-corrected chi connectivity index (χ2v) is 6.62. The van der Waals surface area contributed by atoms with Gasteiger partial charge in [-0.05, 0) is 43.6 Å². The second kappa shape index (κ2) is 7.85. The fraction of sp³-hybridized carbons (Fsp3) is 0.933. The average Bonchev–Trinajstić information content (AvgIpc) is 2.83. The maximum Gasteiger partial charge on any atom is 0.220 e. The molecule has 1 saturated heterocycles. The summed E-state index contributed by atoms with van der Waals surface area (Å²) in [6, 6.07) is 0. The molecule has 3 N–H and O–H groups in total. The first-order valence-electron chi connectivity index (χ1n) is 7.52. The summed E-state index contributed by atoms with van der Waals surface area (Å²) in [6.45, 7) is 8.85. The molecule has 2 atom stereocenters. The van der Waals surface area contributed by atoms with Crippen LogP contribution in [0.25, 0.3) is 0 Å². The minimum Gasteiger partial charge on any atom is -0.376 e. The van der Waals surface area contributed by atoms with Gasteiger partial charge >= 0.3 is 0 Å². The zero-order valence-corrected chi connectivity index (χ0v) is 12.7. The monoisotopic (exact) mass is 270 g/mol. The standard InChI is InChI=1S/C15H30N2O2/c1-15(2,3)12(8-9-16)6-7-14(18)17-11-13-5-4-10-19-13/h12-13H,4-11,16H2,1-3H3,(H,17,18). The Labute approximate surface area is 117 Å². The molecule has 0 radical (unpaired) electrons. The van der Waals surface area contributed by atoms with Crippen molar-refractivity contribution in [1.82, 2.24) is 5.32 Å². The molecule has 19 heavy (non-hydrogen) atoms. The van der Waals surface area contributed by atoms with Crippen molar-refractivity contribution in [3.8, 4) is 0 Å². The van der Waals surface area contributed by atoms with E-state index in [0.717, 1.165) is 32.3 Å². The van der Waals surface area contributed by atoms with E-state index in [9.17, 15) is 4.79 Å². The lowest BCUT2D eigenvalue weighted by Gasteiger charge is -2.30. The number of hydrogen-bond donors (Lipinski definition) is 2. The molecule has 1 rings (SSSR count). The summed E-state index contributed by atoms with van der Waals surface area (Å²) in [7, 11) is 0. The van der Waals surface area contributed by atoms with Crippen molar-refractivity contribution < 1.29 is 9.53 Å². The third kappa shape index (κ3) is 6.39. The molecule has 1 amide bonds. The summed E-state index contributed by atoms with van der Waals surface area (Å²) in [5, 5.41) is 2.98. The quantitative estimate of drug-likeness (QED) is 0.744. The van der Waals surface area contributed by atoms with E-state index in [-0.39, 0.29) is 17.4 Å². The summed E-state index contributed by atoms with van der Waals surface area (Å²) in [4.78, 5) is 11.8. The van der Waals surface area contributed by atoms with Gasteiger partial charge in [-0.25, -0.2) is 0 Å². The van der Waals surface area contributed by atoms with Crippen molar-refractivity contribution in [2.45, 2.75) is 59.0 Å². The molecule has 1 aliphatic heterocycles. The maximum absolute atomic E-state index is 11.8. The van der Waals surface area contributed by atoms with Gasteiger partial charge in [0.1, 0.15) is 0 Å². The first-order valence-corrected chi connectivity index (χ1v) is 7.52. The van der Waals surface area contributed by atoms with E-state index in [1.165, 1.54) is 0 Å². The van der Waals surface area contributed by atoms with Crippen LogP contribution < -0.4 is 11.1 Å². The van der Waals surface area contributed by atoms with Crippen LogP contribution in [0, 0.1) is 11.3 Å². The van der Waals surface area contributed by atoms with Crippen molar-refractivity contribution >= 4 is 5.91 Å². The summed E-state index contributed by atoms with van der Waals surface area (Å²) in [6.07, 6.45) is 4.91. The van der Waals surface area contributed by atoms with Gasteiger partial charge in [-0.1, -0.05) is 20.8 Å². The van der Waals surface area contributed by atoms with E-state index in [4.69, 9.17) is 10.5 Å². The zero-order chi connectivity index (χ0) is 14.3. The third-order valence-corrected chi connectivity index (χ3v) is 4.01. The molecular weight excluding hydrogens is 240 g/mol. The van der Waals surface area contributed by atoms with Crippen LogP contribution in [0.15, 0.2) is 0 Å². The molecule has 4 nitrogen and oxygen atoms in total. The van der Waals surface area contributed by atoms with E-state index < -0.39 is 0 Å². The normalized spacial score (nSPS) is 21.4. The number of nitrogens with one attached hydrogen (secondary N) is 1. The molecular formula is C15H30N2O2. The molecule has 1 fully saturated rings. The van der Waals surface area contributed by atoms with Gasteiger partial charge in [0, 0.05) is 19.6 Å². The van der Waals surface area contributed by atoms with E-state index in [1.807, 2.05) is 0 Å². The zero-order valence-electron chi connectivity index (χ0n) is 12.7. The Bertz CT molecular complexity index is 268. The molecule has 0 saturated carbocycles. The highest BCUT2D eigenvalue weighted by Crippen LogP contribution is 2.31. The van der Waals surface area contributed by atoms with Gasteiger partial charge in [-0.15, -0.1) is 0 Å². The predicted octanol–water partition coefficient (Wildman–Crippen LogP) is 2.07. The lowest BCUT2D eigenvalue weighted by molar-refractivity contribution is -0.122. The largest absolute Gasteiger partial charge is 0.376 e. The minimum atomic E-state index is 0.141. The fourth-order valence-corrected chi connectivity index (χ4v) is 2.64. The molecule has 0 aliphatic carbocycles. The second-order valence-electron chi connectivity index (χ2n) is 6.62. The number of rotatable bonds is 7. The highest BCUT2D eigenvalue weighted by molar-refractivity contribution is 5.75. The molecule has 4 heteroatoms. The summed E-state index contributed by atoms with van der Waals surface area (Å²) < 4.78 is 5.49. The first-order chi connectivity index (χ1) is 8.93. The van der Waals surface area contributed by atoms with Crippen LogP contribution in [0.4, 0.5) is 0 Å². The number of carbonyl (C=O) groups excluding carboxylic acids is 1. The Morgan fingerprint density at radius 2 is 2.16 bits per heavy atom. The lowest BCUT2D eigenvalue weighted by Crippen LogP contribution is -2.32. The third-order valence-electron chi connectivity index (χ3n) is 4.01. The topological polar surface area (TPSA) is 64.4 Å². The molecule has 2 unspecified atom stereocenters. The van der Waals surface area contributed by atoms with E-state index >= 15 is 0 Å². The molecule has 0 spiro atoms. The molecule has 0 aromatic carbocycles. The van der Waals surface area contributed by atoms with Crippen LogP contribution in [0.2, 0.25) is 0 Å². The Kier molecular flexibility index (Phi) is 6.80. The van der Waals surface area contributed by atoms with Gasteiger partial charge in [0.15, 0.2) is 0 Å². The van der Waals surface area contributed by atoms with Crippen molar-refractivity contribution in [2.75, 3.05) is 19.7 Å². The van der Waals surface area contributed by atoms with Crippen molar-refractivity contribution in [2.24, 2.45) is 17.1 Å². The SMILES string of the molecule is CC(C)(C)C(CCN)CCC(=O)NCC1CCCO1. The van der Waals surface area contributed by atoms with Crippen LogP contribution in [-0.2, 0) is 9.53 Å². The molecule has 1 aliphatic rings. The van der Waals surface area contributed by atoms with E-state index in [2.05, 4.69) is 26.1 Å². The molecule has 112 valence electrons. The molecule has 0 aromatic heterocycles. The van der Waals surface area contributed by atoms with Gasteiger partial charge in [0.2, 0.25) is 5.91 Å². The number of amides is 1. The van der Waals surface area contributed by atoms with E-state index in [1.54, 1.807) is 0 Å². The van der Waals surface area contributed by atoms with Gasteiger partial charge in [-0.2, -0.15) is 0 Å². The number of ether oxygens (including phenoxy) is 1. The highest BCUT2D eigenvalue weighted by Gasteiger charge is 2.24. The van der Waals surface area contributed by atoms with Crippen molar-refractivity contribution in [3.63, 3.8) is 0 Å². The smallest absolute Gasteiger partial charge is 0.220 e. The van der Waals surface area contributed by atoms with Crippen molar-refractivity contribution in [1.29, 1.82) is 0 Å². The van der Waals surface area contributed by atoms with Gasteiger partial charge < -0.3 is 15.8 Å².